The highest BCUT2D eigenvalue weighted by Gasteiger charge is 2.34. The minimum atomic E-state index is -0.919. The number of hydrogen-bond donors (Lipinski definition) is 2. The fourth-order valence-corrected chi connectivity index (χ4v) is 1.72. The molecule has 1 fully saturated rings. The smallest absolute Gasteiger partial charge is 0.322 e. The molecule has 0 aromatic heterocycles. The van der Waals surface area contributed by atoms with Crippen molar-refractivity contribution in [2.45, 2.75) is 19.0 Å². The molecule has 1 rings (SSSR count). The highest BCUT2D eigenvalue weighted by Crippen LogP contribution is 2.09. The summed E-state index contributed by atoms with van der Waals surface area (Å²) in [5, 5.41) is 12.0. The van der Waals surface area contributed by atoms with Crippen molar-refractivity contribution in [1.82, 2.24) is 10.2 Å². The number of nitrogens with one attached hydrogen (secondary N) is 1. The number of hydrogen-bond acceptors (Lipinski definition) is 5. The van der Waals surface area contributed by atoms with Crippen molar-refractivity contribution in [2.75, 3.05) is 26.7 Å². The predicted molar refractivity (Wildman–Crippen MR) is 52.5 cm³/mol. The Hall–Kier alpha value is -1.14. The van der Waals surface area contributed by atoms with E-state index < -0.39 is 24.0 Å². The van der Waals surface area contributed by atoms with E-state index in [0.717, 1.165) is 0 Å². The molecule has 2 N–H and O–H groups in total. The molecule has 1 aliphatic rings. The fraction of sp³-hybridized carbons (Fsp3) is 0.778. The van der Waals surface area contributed by atoms with Gasteiger partial charge in [-0.25, -0.2) is 0 Å². The Kier molecular flexibility index (Phi) is 4.05. The third kappa shape index (κ3) is 2.66. The van der Waals surface area contributed by atoms with Crippen LogP contribution in [0.5, 0.6) is 0 Å². The minimum Gasteiger partial charge on any atom is -0.480 e. The number of aliphatic carboxylic acids is 1. The molecule has 1 heterocycles. The number of carbonyl (C=O) groups is 2. The number of ether oxygens (including phenoxy) is 1. The molecule has 6 heteroatoms. The second kappa shape index (κ2) is 5.09. The Labute approximate surface area is 88.2 Å². The van der Waals surface area contributed by atoms with E-state index in [-0.39, 0.29) is 0 Å². The minimum absolute atomic E-state index is 0.358. The number of carboxylic acid groups (broad SMARTS) is 1. The zero-order valence-electron chi connectivity index (χ0n) is 8.90. The fourth-order valence-electron chi connectivity index (χ4n) is 1.72. The molecular weight excluding hydrogens is 200 g/mol. The standard InChI is InChI=1S/C9H16N2O4/c1-6(9(14)15-2)11-4-3-10-5-7(11)8(12)13/h6-7,10H,3-5H2,1-2H3,(H,12,13). The number of methoxy groups -OCH3 is 1. The van der Waals surface area contributed by atoms with E-state index in [9.17, 15) is 9.59 Å². The molecule has 0 radical (unpaired) electrons. The van der Waals surface area contributed by atoms with Crippen molar-refractivity contribution in [3.63, 3.8) is 0 Å². The first-order valence-corrected chi connectivity index (χ1v) is 4.85. The normalized spacial score (nSPS) is 24.5. The van der Waals surface area contributed by atoms with Crippen LogP contribution < -0.4 is 5.32 Å². The van der Waals surface area contributed by atoms with Crippen LogP contribution in [0, 0.1) is 0 Å². The summed E-state index contributed by atoms with van der Waals surface area (Å²) in [5.74, 6) is -1.32. The van der Waals surface area contributed by atoms with Crippen molar-refractivity contribution in [3.8, 4) is 0 Å². The van der Waals surface area contributed by atoms with Crippen LogP contribution >= 0.6 is 0 Å². The molecule has 2 unspecified atom stereocenters. The maximum absolute atomic E-state index is 11.3. The van der Waals surface area contributed by atoms with Crippen LogP contribution in [0.25, 0.3) is 0 Å². The Bertz CT molecular complexity index is 256. The molecule has 15 heavy (non-hydrogen) atoms. The molecule has 6 nitrogen and oxygen atoms in total. The van der Waals surface area contributed by atoms with E-state index in [1.807, 2.05) is 0 Å². The zero-order chi connectivity index (χ0) is 11.4. The second-order valence-electron chi connectivity index (χ2n) is 3.50. The molecule has 1 aliphatic heterocycles. The maximum atomic E-state index is 11.3. The summed E-state index contributed by atoms with van der Waals surface area (Å²) in [7, 11) is 1.30. The van der Waals surface area contributed by atoms with E-state index in [2.05, 4.69) is 10.1 Å². The van der Waals surface area contributed by atoms with E-state index in [1.54, 1.807) is 11.8 Å². The summed E-state index contributed by atoms with van der Waals surface area (Å²) >= 11 is 0. The van der Waals surface area contributed by atoms with E-state index in [4.69, 9.17) is 5.11 Å². The van der Waals surface area contributed by atoms with Gasteiger partial charge in [-0.3, -0.25) is 14.5 Å². The Morgan fingerprint density at radius 3 is 2.80 bits per heavy atom. The molecule has 0 amide bonds. The third-order valence-corrected chi connectivity index (χ3v) is 2.61. The maximum Gasteiger partial charge on any atom is 0.322 e. The van der Waals surface area contributed by atoms with Crippen molar-refractivity contribution in [2.24, 2.45) is 0 Å². The van der Waals surface area contributed by atoms with Gasteiger partial charge in [-0.05, 0) is 6.92 Å². The lowest BCUT2D eigenvalue weighted by Gasteiger charge is -2.36. The monoisotopic (exact) mass is 216 g/mol. The molecule has 0 aromatic rings. The lowest BCUT2D eigenvalue weighted by Crippen LogP contribution is -2.59. The van der Waals surface area contributed by atoms with E-state index in [0.29, 0.717) is 19.6 Å². The lowest BCUT2D eigenvalue weighted by atomic mass is 10.1. The van der Waals surface area contributed by atoms with Crippen LogP contribution in [-0.2, 0) is 14.3 Å². The quantitative estimate of drug-likeness (QED) is 0.583. The SMILES string of the molecule is COC(=O)C(C)N1CCNCC1C(=O)O. The largest absolute Gasteiger partial charge is 0.480 e. The van der Waals surface area contributed by atoms with Gasteiger partial charge in [-0.1, -0.05) is 0 Å². The predicted octanol–water partition coefficient (Wildman–Crippen LogP) is -1.09. The van der Waals surface area contributed by atoms with Crippen LogP contribution in [-0.4, -0.2) is 60.8 Å². The van der Waals surface area contributed by atoms with Gasteiger partial charge in [0, 0.05) is 19.6 Å². The molecule has 0 saturated carbocycles. The molecule has 0 bridgehead atoms. The van der Waals surface area contributed by atoms with Gasteiger partial charge in [-0.2, -0.15) is 0 Å². The number of esters is 1. The summed E-state index contributed by atoms with van der Waals surface area (Å²) in [6, 6.07) is -1.17. The average Bonchev–Trinajstić information content (AvgIpc) is 2.27. The summed E-state index contributed by atoms with van der Waals surface area (Å²) in [4.78, 5) is 23.9. The van der Waals surface area contributed by atoms with Crippen molar-refractivity contribution < 1.29 is 19.4 Å². The molecule has 0 spiro atoms. The van der Waals surface area contributed by atoms with Crippen LogP contribution in [0.1, 0.15) is 6.92 Å². The number of carboxylic acids is 1. The van der Waals surface area contributed by atoms with Gasteiger partial charge >= 0.3 is 11.9 Å². The van der Waals surface area contributed by atoms with E-state index in [1.165, 1.54) is 7.11 Å². The van der Waals surface area contributed by atoms with Crippen LogP contribution in [0.4, 0.5) is 0 Å². The summed E-state index contributed by atoms with van der Waals surface area (Å²) in [6.07, 6.45) is 0. The van der Waals surface area contributed by atoms with Crippen molar-refractivity contribution in [3.05, 3.63) is 0 Å². The second-order valence-corrected chi connectivity index (χ2v) is 3.50. The van der Waals surface area contributed by atoms with Crippen molar-refractivity contribution in [1.29, 1.82) is 0 Å². The molecule has 2 atom stereocenters. The first kappa shape index (κ1) is 11.9. The Balaban J connectivity index is 2.71. The first-order chi connectivity index (χ1) is 7.07. The highest BCUT2D eigenvalue weighted by molar-refractivity contribution is 5.78. The number of rotatable bonds is 3. The van der Waals surface area contributed by atoms with Crippen molar-refractivity contribution >= 4 is 11.9 Å². The number of nitrogens with zero attached hydrogens (tertiary/aromatic N) is 1. The van der Waals surface area contributed by atoms with Gasteiger partial charge in [0.2, 0.25) is 0 Å². The lowest BCUT2D eigenvalue weighted by molar-refractivity contribution is -0.152. The van der Waals surface area contributed by atoms with Gasteiger partial charge in [-0.15, -0.1) is 0 Å². The first-order valence-electron chi connectivity index (χ1n) is 4.85. The average molecular weight is 216 g/mol. The third-order valence-electron chi connectivity index (χ3n) is 2.61. The van der Waals surface area contributed by atoms with Gasteiger partial charge in [0.25, 0.3) is 0 Å². The number of carbonyl (C=O) groups excluding carboxylic acids is 1. The zero-order valence-corrected chi connectivity index (χ0v) is 8.90. The summed E-state index contributed by atoms with van der Waals surface area (Å²) < 4.78 is 4.60. The van der Waals surface area contributed by atoms with Crippen LogP contribution in [0.15, 0.2) is 0 Å². The van der Waals surface area contributed by atoms with Crippen LogP contribution in [0.2, 0.25) is 0 Å². The topological polar surface area (TPSA) is 78.9 Å². The molecular formula is C9H16N2O4. The van der Waals surface area contributed by atoms with Gasteiger partial charge in [0.15, 0.2) is 0 Å². The van der Waals surface area contributed by atoms with E-state index >= 15 is 0 Å². The van der Waals surface area contributed by atoms with Crippen LogP contribution in [0.3, 0.4) is 0 Å². The van der Waals surface area contributed by atoms with Gasteiger partial charge in [0.1, 0.15) is 12.1 Å². The summed E-state index contributed by atoms with van der Waals surface area (Å²) in [6.45, 7) is 3.24. The number of piperazine rings is 1. The Morgan fingerprint density at radius 2 is 2.27 bits per heavy atom. The molecule has 0 aromatic carbocycles. The molecule has 0 aliphatic carbocycles. The molecule has 86 valence electrons. The van der Waals surface area contributed by atoms with Gasteiger partial charge < -0.3 is 15.2 Å². The molecule has 1 saturated heterocycles. The summed E-state index contributed by atoms with van der Waals surface area (Å²) in [5.41, 5.74) is 0. The van der Waals surface area contributed by atoms with Gasteiger partial charge in [0.05, 0.1) is 7.11 Å². The highest BCUT2D eigenvalue weighted by atomic mass is 16.5. The Morgan fingerprint density at radius 1 is 1.60 bits per heavy atom.